The molecule has 0 atom stereocenters. The Labute approximate surface area is 57.3 Å². The van der Waals surface area contributed by atoms with Gasteiger partial charge >= 0.3 is 0 Å². The zero-order valence-electron chi connectivity index (χ0n) is 3.96. The molecule has 0 radical (unpaired) electrons. The van der Waals surface area contributed by atoms with Crippen LogP contribution in [0.15, 0.2) is 17.3 Å². The highest BCUT2D eigenvalue weighted by Gasteiger charge is 1.81. The standard InChI is InChI=1S/C5H3NS2/c7-8-5-3-1-2-4-6-5/h2,4,7H. The van der Waals surface area contributed by atoms with Crippen LogP contribution in [0.3, 0.4) is 0 Å². The lowest BCUT2D eigenvalue weighted by Crippen LogP contribution is -1.67. The number of nitrogens with zero attached hydrogens (tertiary/aromatic N) is 1. The first kappa shape index (κ1) is 5.80. The summed E-state index contributed by atoms with van der Waals surface area (Å²) < 4.78 is 0. The molecule has 0 saturated carbocycles. The lowest BCUT2D eigenvalue weighted by molar-refractivity contribution is 1.15. The van der Waals surface area contributed by atoms with E-state index in [0.717, 1.165) is 5.03 Å². The van der Waals surface area contributed by atoms with Crippen molar-refractivity contribution in [2.24, 2.45) is 0 Å². The predicted octanol–water partition coefficient (Wildman–Crippen LogP) is 1.62. The molecule has 3 heteroatoms. The fraction of sp³-hybridized carbons (Fsp3) is 0. The van der Waals surface area contributed by atoms with Crippen LogP contribution < -0.4 is 0 Å². The predicted molar refractivity (Wildman–Crippen MR) is 36.8 cm³/mol. The smallest absolute Gasteiger partial charge is 0.157 e. The average molecular weight is 141 g/mol. The number of hydrogen-bond acceptors (Lipinski definition) is 3. The largest absolute Gasteiger partial charge is 0.239 e. The van der Waals surface area contributed by atoms with E-state index in [1.165, 1.54) is 10.8 Å². The lowest BCUT2D eigenvalue weighted by Gasteiger charge is -1.81. The number of aromatic nitrogens is 1. The van der Waals surface area contributed by atoms with E-state index >= 15 is 0 Å². The summed E-state index contributed by atoms with van der Waals surface area (Å²) in [5.74, 6) is 0. The highest BCUT2D eigenvalue weighted by molar-refractivity contribution is 8.68. The molecule has 0 bridgehead atoms. The van der Waals surface area contributed by atoms with Crippen molar-refractivity contribution >= 4 is 22.5 Å². The van der Waals surface area contributed by atoms with Crippen molar-refractivity contribution in [3.63, 3.8) is 0 Å². The molecule has 40 valence electrons. The van der Waals surface area contributed by atoms with Gasteiger partial charge in [0.1, 0.15) is 0 Å². The number of thiol groups is 1. The number of hydrogen-bond donors (Lipinski definition) is 1. The van der Waals surface area contributed by atoms with Gasteiger partial charge in [0.25, 0.3) is 0 Å². The Bertz CT molecular complexity index is 152. The molecule has 0 spiro atoms. The second-order valence-corrected chi connectivity index (χ2v) is 2.23. The van der Waals surface area contributed by atoms with Crippen LogP contribution in [0, 0.1) is 12.1 Å². The van der Waals surface area contributed by atoms with E-state index in [4.69, 9.17) is 0 Å². The van der Waals surface area contributed by atoms with Gasteiger partial charge in [-0.3, -0.25) is 0 Å². The third-order valence-corrected chi connectivity index (χ3v) is 1.51. The van der Waals surface area contributed by atoms with Gasteiger partial charge < -0.3 is 0 Å². The minimum absolute atomic E-state index is 0.760. The highest BCUT2D eigenvalue weighted by Crippen LogP contribution is 2.14. The van der Waals surface area contributed by atoms with E-state index in [1.54, 1.807) is 12.3 Å². The molecule has 0 amide bonds. The van der Waals surface area contributed by atoms with Crippen molar-refractivity contribution < 1.29 is 0 Å². The molecule has 0 aliphatic rings. The molecule has 1 aromatic rings. The molecular formula is C5H3NS2. The summed E-state index contributed by atoms with van der Waals surface area (Å²) in [7, 11) is 1.27. The van der Waals surface area contributed by atoms with Crippen molar-refractivity contribution in [3.8, 4) is 0 Å². The SMILES string of the molecule is SSc1c#cccn1. The van der Waals surface area contributed by atoms with Gasteiger partial charge in [-0.2, -0.15) is 0 Å². The summed E-state index contributed by atoms with van der Waals surface area (Å²) in [5.41, 5.74) is 0. The fourth-order valence-electron chi connectivity index (χ4n) is 0.324. The van der Waals surface area contributed by atoms with Gasteiger partial charge in [-0.15, -0.1) is 11.7 Å². The van der Waals surface area contributed by atoms with Crippen LogP contribution in [0.25, 0.3) is 0 Å². The molecule has 1 aromatic heterocycles. The van der Waals surface area contributed by atoms with E-state index in [1.807, 2.05) is 0 Å². The van der Waals surface area contributed by atoms with Crippen LogP contribution in [0.5, 0.6) is 0 Å². The van der Waals surface area contributed by atoms with Gasteiger partial charge in [-0.25, -0.2) is 4.98 Å². The second kappa shape index (κ2) is 2.85. The molecule has 0 aliphatic heterocycles. The van der Waals surface area contributed by atoms with Gasteiger partial charge in [0, 0.05) is 12.3 Å². The molecule has 0 unspecified atom stereocenters. The van der Waals surface area contributed by atoms with Crippen LogP contribution in [-0.2, 0) is 0 Å². The van der Waals surface area contributed by atoms with Crippen molar-refractivity contribution in [2.45, 2.75) is 5.03 Å². The van der Waals surface area contributed by atoms with Gasteiger partial charge in [0.05, 0.1) is 0 Å². The zero-order valence-corrected chi connectivity index (χ0v) is 5.67. The molecule has 1 nitrogen and oxygen atoms in total. The van der Waals surface area contributed by atoms with Crippen LogP contribution in [0.2, 0.25) is 0 Å². The zero-order chi connectivity index (χ0) is 5.82. The maximum atomic E-state index is 3.91. The van der Waals surface area contributed by atoms with Gasteiger partial charge in [-0.05, 0) is 16.9 Å². The van der Waals surface area contributed by atoms with E-state index in [0.29, 0.717) is 0 Å². The molecule has 0 saturated heterocycles. The molecule has 8 heavy (non-hydrogen) atoms. The summed E-state index contributed by atoms with van der Waals surface area (Å²) in [4.78, 5) is 3.90. The van der Waals surface area contributed by atoms with Crippen molar-refractivity contribution in [2.75, 3.05) is 0 Å². The van der Waals surface area contributed by atoms with Crippen molar-refractivity contribution in [1.82, 2.24) is 4.98 Å². The Morgan fingerprint density at radius 2 is 2.62 bits per heavy atom. The Balaban J connectivity index is 2.83. The second-order valence-electron chi connectivity index (χ2n) is 1.11. The third-order valence-electron chi connectivity index (χ3n) is 0.615. The molecule has 0 aromatic carbocycles. The Hall–Kier alpha value is -0.330. The molecule has 1 rings (SSSR count). The Morgan fingerprint density at radius 3 is 3.00 bits per heavy atom. The molecular weight excluding hydrogens is 138 g/mol. The van der Waals surface area contributed by atoms with E-state index in [2.05, 4.69) is 28.8 Å². The molecule has 0 fully saturated rings. The maximum absolute atomic E-state index is 3.91. The lowest BCUT2D eigenvalue weighted by atomic mass is 10.6. The van der Waals surface area contributed by atoms with Gasteiger partial charge in [-0.1, -0.05) is 6.07 Å². The first-order chi connectivity index (χ1) is 3.93. The van der Waals surface area contributed by atoms with Crippen molar-refractivity contribution in [1.29, 1.82) is 0 Å². The average Bonchev–Trinajstić information content (AvgIpc) is 1.90. The summed E-state index contributed by atoms with van der Waals surface area (Å²) in [6, 6.07) is 7.23. The van der Waals surface area contributed by atoms with Crippen LogP contribution in [-0.4, -0.2) is 4.98 Å². The van der Waals surface area contributed by atoms with Crippen LogP contribution in [0.1, 0.15) is 0 Å². The molecule has 0 N–H and O–H groups in total. The molecule has 1 heterocycles. The number of rotatable bonds is 1. The monoisotopic (exact) mass is 141 g/mol. The first-order valence-electron chi connectivity index (χ1n) is 1.99. The van der Waals surface area contributed by atoms with Crippen LogP contribution in [0.4, 0.5) is 0 Å². The summed E-state index contributed by atoms with van der Waals surface area (Å²) in [6.07, 6.45) is 1.66. The Morgan fingerprint density at radius 1 is 1.75 bits per heavy atom. The Kier molecular flexibility index (Phi) is 2.07. The maximum Gasteiger partial charge on any atom is 0.157 e. The minimum Gasteiger partial charge on any atom is -0.239 e. The van der Waals surface area contributed by atoms with Crippen molar-refractivity contribution in [3.05, 3.63) is 24.4 Å². The van der Waals surface area contributed by atoms with E-state index < -0.39 is 0 Å². The minimum atomic E-state index is 0.760. The highest BCUT2D eigenvalue weighted by atomic mass is 33.1. The first-order valence-corrected chi connectivity index (χ1v) is 3.86. The molecule has 0 aliphatic carbocycles. The van der Waals surface area contributed by atoms with E-state index in [9.17, 15) is 0 Å². The normalized spacial score (nSPS) is 8.12. The fourth-order valence-corrected chi connectivity index (χ4v) is 0.815. The van der Waals surface area contributed by atoms with Crippen LogP contribution >= 0.6 is 22.5 Å². The quantitative estimate of drug-likeness (QED) is 0.471. The van der Waals surface area contributed by atoms with E-state index in [-0.39, 0.29) is 0 Å². The third kappa shape index (κ3) is 1.32. The summed E-state index contributed by atoms with van der Waals surface area (Å²) >= 11 is 3.91. The summed E-state index contributed by atoms with van der Waals surface area (Å²) in [5, 5.41) is 0.760. The van der Waals surface area contributed by atoms with Gasteiger partial charge in [0.2, 0.25) is 0 Å². The topological polar surface area (TPSA) is 12.9 Å². The van der Waals surface area contributed by atoms with Gasteiger partial charge in [0.15, 0.2) is 5.03 Å². The summed E-state index contributed by atoms with van der Waals surface area (Å²) in [6.45, 7) is 0.